The van der Waals surface area contributed by atoms with E-state index in [0.717, 1.165) is 32.5 Å². The monoisotopic (exact) mass is 233 g/mol. The zero-order valence-electron chi connectivity index (χ0n) is 11.0. The average molecular weight is 233 g/mol. The van der Waals surface area contributed by atoms with Gasteiger partial charge in [0.25, 0.3) is 0 Å². The van der Waals surface area contributed by atoms with Crippen LogP contribution >= 0.6 is 0 Å². The summed E-state index contributed by atoms with van der Waals surface area (Å²) in [4.78, 5) is 0. The second-order valence-electron chi connectivity index (χ2n) is 5.19. The van der Waals surface area contributed by atoms with E-state index >= 15 is 0 Å². The van der Waals surface area contributed by atoms with Crippen LogP contribution in [0.4, 0.5) is 0 Å². The summed E-state index contributed by atoms with van der Waals surface area (Å²) in [7, 11) is 0. The zero-order chi connectivity index (χ0) is 12.1. The van der Waals surface area contributed by atoms with Gasteiger partial charge in [0.1, 0.15) is 0 Å². The predicted octanol–water partition coefficient (Wildman–Crippen LogP) is 2.91. The van der Waals surface area contributed by atoms with Crippen molar-refractivity contribution in [3.63, 3.8) is 0 Å². The van der Waals surface area contributed by atoms with Crippen molar-refractivity contribution >= 4 is 0 Å². The second kappa shape index (κ2) is 5.65. The minimum atomic E-state index is 0.0156. The molecule has 1 aromatic rings. The molecule has 1 N–H and O–H groups in total. The minimum absolute atomic E-state index is 0.0156. The van der Waals surface area contributed by atoms with Crippen LogP contribution in [0.15, 0.2) is 24.3 Å². The molecule has 0 aliphatic carbocycles. The molecule has 2 rings (SSSR count). The third kappa shape index (κ3) is 3.55. The normalized spacial score (nSPS) is 24.8. The van der Waals surface area contributed by atoms with Crippen molar-refractivity contribution in [3.05, 3.63) is 35.4 Å². The van der Waals surface area contributed by atoms with Gasteiger partial charge in [0.15, 0.2) is 0 Å². The van der Waals surface area contributed by atoms with E-state index < -0.39 is 0 Å². The molecular formula is C15H23NO. The summed E-state index contributed by atoms with van der Waals surface area (Å²) in [5, 5.41) is 3.40. The predicted molar refractivity (Wildman–Crippen MR) is 71.1 cm³/mol. The molecule has 94 valence electrons. The molecule has 1 unspecified atom stereocenters. The lowest BCUT2D eigenvalue weighted by Gasteiger charge is -2.34. The summed E-state index contributed by atoms with van der Waals surface area (Å²) in [6.45, 7) is 7.21. The fourth-order valence-corrected chi connectivity index (χ4v) is 2.28. The number of nitrogens with one attached hydrogen (secondary N) is 1. The molecule has 1 fully saturated rings. The lowest BCUT2D eigenvalue weighted by Crippen LogP contribution is -2.45. The molecule has 1 aliphatic rings. The third-order valence-corrected chi connectivity index (χ3v) is 3.58. The summed E-state index contributed by atoms with van der Waals surface area (Å²) < 4.78 is 6.07. The molecule has 0 aromatic heterocycles. The lowest BCUT2D eigenvalue weighted by molar-refractivity contribution is -0.0571. The summed E-state index contributed by atoms with van der Waals surface area (Å²) in [5.74, 6) is 0. The first kappa shape index (κ1) is 12.6. The van der Waals surface area contributed by atoms with Crippen molar-refractivity contribution in [1.29, 1.82) is 0 Å². The Morgan fingerprint density at radius 2 is 1.94 bits per heavy atom. The highest BCUT2D eigenvalue weighted by Gasteiger charge is 2.27. The van der Waals surface area contributed by atoms with Gasteiger partial charge in [0.2, 0.25) is 0 Å². The molecule has 2 nitrogen and oxygen atoms in total. The van der Waals surface area contributed by atoms with E-state index in [-0.39, 0.29) is 5.60 Å². The van der Waals surface area contributed by atoms with Crippen molar-refractivity contribution in [3.8, 4) is 0 Å². The van der Waals surface area contributed by atoms with E-state index in [1.807, 2.05) is 0 Å². The Hall–Kier alpha value is -0.860. The topological polar surface area (TPSA) is 21.3 Å². The summed E-state index contributed by atoms with van der Waals surface area (Å²) >= 11 is 0. The van der Waals surface area contributed by atoms with E-state index in [4.69, 9.17) is 4.74 Å². The van der Waals surface area contributed by atoms with Crippen LogP contribution in [0, 0.1) is 0 Å². The molecule has 0 radical (unpaired) electrons. The van der Waals surface area contributed by atoms with E-state index in [2.05, 4.69) is 43.4 Å². The fraction of sp³-hybridized carbons (Fsp3) is 0.600. The number of hydrogen-bond donors (Lipinski definition) is 1. The van der Waals surface area contributed by atoms with E-state index in [9.17, 15) is 0 Å². The molecular weight excluding hydrogens is 210 g/mol. The maximum atomic E-state index is 6.07. The van der Waals surface area contributed by atoms with Crippen LogP contribution in [0.1, 0.15) is 37.8 Å². The minimum Gasteiger partial charge on any atom is -0.369 e. The van der Waals surface area contributed by atoms with Crippen molar-refractivity contribution in [2.75, 3.05) is 13.1 Å². The summed E-state index contributed by atoms with van der Waals surface area (Å²) in [6.07, 6.45) is 3.47. The van der Waals surface area contributed by atoms with E-state index in [1.165, 1.54) is 17.5 Å². The molecule has 0 saturated carbocycles. The fourth-order valence-electron chi connectivity index (χ4n) is 2.28. The highest BCUT2D eigenvalue weighted by molar-refractivity contribution is 5.21. The van der Waals surface area contributed by atoms with Crippen LogP contribution < -0.4 is 5.32 Å². The zero-order valence-corrected chi connectivity index (χ0v) is 11.0. The van der Waals surface area contributed by atoms with Gasteiger partial charge in [-0.05, 0) is 43.9 Å². The molecule has 2 heteroatoms. The summed E-state index contributed by atoms with van der Waals surface area (Å²) in [6, 6.07) is 8.75. The van der Waals surface area contributed by atoms with E-state index in [0.29, 0.717) is 0 Å². The standard InChI is InChI=1S/C15H23NO/c1-3-13-5-7-14(8-6-13)11-17-15(2)9-4-10-16-12-15/h5-8,16H,3-4,9-12H2,1-2H3. The maximum absolute atomic E-state index is 6.07. The Kier molecular flexibility index (Phi) is 4.19. The van der Waals surface area contributed by atoms with Crippen LogP contribution in [0.25, 0.3) is 0 Å². The van der Waals surface area contributed by atoms with Crippen LogP contribution in [-0.2, 0) is 17.8 Å². The Bertz CT molecular complexity index is 338. The molecule has 0 amide bonds. The first-order valence-corrected chi connectivity index (χ1v) is 6.64. The van der Waals surface area contributed by atoms with Crippen molar-refractivity contribution in [2.24, 2.45) is 0 Å². The number of aryl methyl sites for hydroxylation is 1. The SMILES string of the molecule is CCc1ccc(COC2(C)CCCNC2)cc1. The van der Waals surface area contributed by atoms with E-state index in [1.54, 1.807) is 0 Å². The molecule has 0 spiro atoms. The Balaban J connectivity index is 1.87. The Morgan fingerprint density at radius 3 is 2.53 bits per heavy atom. The molecule has 17 heavy (non-hydrogen) atoms. The van der Waals surface area contributed by atoms with Crippen molar-refractivity contribution < 1.29 is 4.74 Å². The maximum Gasteiger partial charge on any atom is 0.0783 e. The first-order valence-electron chi connectivity index (χ1n) is 6.64. The van der Waals surface area contributed by atoms with Crippen LogP contribution in [0.2, 0.25) is 0 Å². The number of rotatable bonds is 4. The number of benzene rings is 1. The molecule has 0 bridgehead atoms. The van der Waals surface area contributed by atoms with Gasteiger partial charge in [-0.15, -0.1) is 0 Å². The Labute approximate surface area is 104 Å². The number of hydrogen-bond acceptors (Lipinski definition) is 2. The number of ether oxygens (including phenoxy) is 1. The molecule has 1 saturated heterocycles. The third-order valence-electron chi connectivity index (χ3n) is 3.58. The average Bonchev–Trinajstić information content (AvgIpc) is 2.38. The molecule has 1 aliphatic heterocycles. The van der Waals surface area contributed by atoms with Crippen molar-refractivity contribution in [1.82, 2.24) is 5.32 Å². The highest BCUT2D eigenvalue weighted by Crippen LogP contribution is 2.21. The summed E-state index contributed by atoms with van der Waals surface area (Å²) in [5.41, 5.74) is 2.68. The van der Waals surface area contributed by atoms with Gasteiger partial charge in [-0.25, -0.2) is 0 Å². The van der Waals surface area contributed by atoms with Gasteiger partial charge in [-0.1, -0.05) is 31.2 Å². The van der Waals surface area contributed by atoms with Gasteiger partial charge in [0.05, 0.1) is 12.2 Å². The van der Waals surface area contributed by atoms with Gasteiger partial charge in [0, 0.05) is 6.54 Å². The van der Waals surface area contributed by atoms with Crippen molar-refractivity contribution in [2.45, 2.75) is 45.3 Å². The van der Waals surface area contributed by atoms with Gasteiger partial charge in [-0.3, -0.25) is 0 Å². The molecule has 1 aromatic carbocycles. The Morgan fingerprint density at radius 1 is 1.24 bits per heavy atom. The van der Waals surface area contributed by atoms with Crippen LogP contribution in [-0.4, -0.2) is 18.7 Å². The molecule has 1 heterocycles. The quantitative estimate of drug-likeness (QED) is 0.863. The van der Waals surface area contributed by atoms with Gasteiger partial charge in [-0.2, -0.15) is 0 Å². The lowest BCUT2D eigenvalue weighted by atomic mass is 9.96. The largest absolute Gasteiger partial charge is 0.369 e. The van der Waals surface area contributed by atoms with Gasteiger partial charge >= 0.3 is 0 Å². The molecule has 1 atom stereocenters. The van der Waals surface area contributed by atoms with Crippen LogP contribution in [0.5, 0.6) is 0 Å². The van der Waals surface area contributed by atoms with Gasteiger partial charge < -0.3 is 10.1 Å². The smallest absolute Gasteiger partial charge is 0.0783 e. The second-order valence-corrected chi connectivity index (χ2v) is 5.19. The van der Waals surface area contributed by atoms with Crippen LogP contribution in [0.3, 0.4) is 0 Å². The highest BCUT2D eigenvalue weighted by atomic mass is 16.5. The number of piperidine rings is 1. The first-order chi connectivity index (χ1) is 8.22.